The number of benzene rings is 1. The maximum absolute atomic E-state index is 13.0. The smallest absolute Gasteiger partial charge is 0.312 e. The van der Waals surface area contributed by atoms with Crippen LogP contribution in [-0.2, 0) is 20.9 Å². The fourth-order valence-electron chi connectivity index (χ4n) is 5.94. The van der Waals surface area contributed by atoms with E-state index in [-0.39, 0.29) is 17.3 Å². The number of hydrogen-bond donors (Lipinski definition) is 0. The molecule has 4 aliphatic carbocycles. The van der Waals surface area contributed by atoms with Gasteiger partial charge in [0.15, 0.2) is 6.10 Å². The SMILES string of the molecule is C[C@@H](OC(=O)C12CC3CC(CC(C3)C1)C2)C(=O)N(C)Cc1ccccc1. The molecule has 26 heavy (non-hydrogen) atoms. The minimum absolute atomic E-state index is 0.120. The highest BCUT2D eigenvalue weighted by molar-refractivity contribution is 5.85. The first-order valence-electron chi connectivity index (χ1n) is 9.95. The number of amides is 1. The van der Waals surface area contributed by atoms with Gasteiger partial charge in [-0.2, -0.15) is 0 Å². The second-order valence-electron chi connectivity index (χ2n) is 8.93. The van der Waals surface area contributed by atoms with Gasteiger partial charge >= 0.3 is 5.97 Å². The van der Waals surface area contributed by atoms with Gasteiger partial charge in [-0.25, -0.2) is 0 Å². The van der Waals surface area contributed by atoms with E-state index in [2.05, 4.69) is 0 Å². The zero-order valence-electron chi connectivity index (χ0n) is 15.8. The molecule has 0 spiro atoms. The van der Waals surface area contributed by atoms with Crippen LogP contribution in [0.1, 0.15) is 51.0 Å². The topological polar surface area (TPSA) is 46.6 Å². The third-order valence-electron chi connectivity index (χ3n) is 6.74. The summed E-state index contributed by atoms with van der Waals surface area (Å²) >= 11 is 0. The fourth-order valence-corrected chi connectivity index (χ4v) is 5.94. The van der Waals surface area contributed by atoms with Gasteiger partial charge in [-0.15, -0.1) is 0 Å². The van der Waals surface area contributed by atoms with Gasteiger partial charge in [0, 0.05) is 13.6 Å². The van der Waals surface area contributed by atoms with Gasteiger partial charge < -0.3 is 9.64 Å². The largest absolute Gasteiger partial charge is 0.452 e. The lowest BCUT2D eigenvalue weighted by Crippen LogP contribution is -2.51. The van der Waals surface area contributed by atoms with Crippen LogP contribution in [0.2, 0.25) is 0 Å². The molecule has 0 heterocycles. The Bertz CT molecular complexity index is 649. The molecule has 4 aliphatic rings. The first-order chi connectivity index (χ1) is 12.4. The van der Waals surface area contributed by atoms with Gasteiger partial charge in [0.1, 0.15) is 0 Å². The molecule has 1 aromatic carbocycles. The summed E-state index contributed by atoms with van der Waals surface area (Å²) < 4.78 is 5.73. The Morgan fingerprint density at radius 2 is 1.62 bits per heavy atom. The number of esters is 1. The molecule has 0 saturated heterocycles. The molecule has 1 aromatic rings. The van der Waals surface area contributed by atoms with Crippen LogP contribution in [0, 0.1) is 23.2 Å². The van der Waals surface area contributed by atoms with Crippen molar-refractivity contribution in [3.8, 4) is 0 Å². The van der Waals surface area contributed by atoms with Crippen molar-refractivity contribution in [1.29, 1.82) is 0 Å². The van der Waals surface area contributed by atoms with E-state index < -0.39 is 6.10 Å². The average molecular weight is 355 g/mol. The lowest BCUT2D eigenvalue weighted by atomic mass is 9.49. The highest BCUT2D eigenvalue weighted by Gasteiger charge is 2.55. The van der Waals surface area contributed by atoms with Crippen molar-refractivity contribution < 1.29 is 14.3 Å². The van der Waals surface area contributed by atoms with E-state index >= 15 is 0 Å². The number of rotatable bonds is 5. The predicted octanol–water partition coefficient (Wildman–Crippen LogP) is 3.79. The Hall–Kier alpha value is -1.84. The Labute approximate surface area is 155 Å². The summed E-state index contributed by atoms with van der Waals surface area (Å²) in [4.78, 5) is 27.3. The lowest BCUT2D eigenvalue weighted by molar-refractivity contribution is -0.180. The van der Waals surface area contributed by atoms with E-state index in [1.807, 2.05) is 30.3 Å². The zero-order valence-corrected chi connectivity index (χ0v) is 15.8. The Kier molecular flexibility index (Phi) is 4.54. The van der Waals surface area contributed by atoms with E-state index in [4.69, 9.17) is 4.74 Å². The number of hydrogen-bond acceptors (Lipinski definition) is 3. The van der Waals surface area contributed by atoms with Crippen molar-refractivity contribution in [3.63, 3.8) is 0 Å². The van der Waals surface area contributed by atoms with Crippen LogP contribution in [-0.4, -0.2) is 29.9 Å². The summed E-state index contributed by atoms with van der Waals surface area (Å²) in [6.45, 7) is 2.24. The molecule has 4 fully saturated rings. The van der Waals surface area contributed by atoms with Crippen molar-refractivity contribution in [3.05, 3.63) is 35.9 Å². The van der Waals surface area contributed by atoms with Gasteiger partial charge in [0.2, 0.25) is 0 Å². The standard InChI is InChI=1S/C22H29NO3/c1-15(20(24)23(2)14-16-6-4-3-5-7-16)26-21(25)22-11-17-8-18(12-22)10-19(9-17)13-22/h3-7,15,17-19H,8-14H2,1-2H3/t15-,17?,18?,19?,22?/m1/s1. The molecule has 4 nitrogen and oxygen atoms in total. The van der Waals surface area contributed by atoms with Gasteiger partial charge in [0.05, 0.1) is 5.41 Å². The second-order valence-corrected chi connectivity index (χ2v) is 8.93. The minimum atomic E-state index is -0.718. The molecule has 0 unspecified atom stereocenters. The minimum Gasteiger partial charge on any atom is -0.452 e. The molecule has 0 radical (unpaired) electrons. The van der Waals surface area contributed by atoms with Crippen LogP contribution in [0.4, 0.5) is 0 Å². The van der Waals surface area contributed by atoms with E-state index in [0.717, 1.165) is 24.8 Å². The zero-order chi connectivity index (χ0) is 18.3. The van der Waals surface area contributed by atoms with Crippen LogP contribution >= 0.6 is 0 Å². The molecule has 1 atom stereocenters. The number of nitrogens with zero attached hydrogens (tertiary/aromatic N) is 1. The van der Waals surface area contributed by atoms with Crippen molar-refractivity contribution in [2.75, 3.05) is 7.05 Å². The average Bonchev–Trinajstić information content (AvgIpc) is 2.60. The van der Waals surface area contributed by atoms with Crippen LogP contribution < -0.4 is 0 Å². The van der Waals surface area contributed by atoms with Crippen molar-refractivity contribution >= 4 is 11.9 Å². The van der Waals surface area contributed by atoms with Crippen LogP contribution in [0.25, 0.3) is 0 Å². The summed E-state index contributed by atoms with van der Waals surface area (Å²) in [6, 6.07) is 9.88. The molecule has 1 amide bonds. The Morgan fingerprint density at radius 3 is 2.15 bits per heavy atom. The van der Waals surface area contributed by atoms with Crippen LogP contribution in [0.3, 0.4) is 0 Å². The van der Waals surface area contributed by atoms with Crippen LogP contribution in [0.5, 0.6) is 0 Å². The molecule has 4 heteroatoms. The highest BCUT2D eigenvalue weighted by atomic mass is 16.5. The molecular formula is C22H29NO3. The van der Waals surface area contributed by atoms with Gasteiger partial charge in [-0.1, -0.05) is 30.3 Å². The molecular weight excluding hydrogens is 326 g/mol. The second kappa shape index (κ2) is 6.71. The number of carbonyl (C=O) groups is 2. The summed E-state index contributed by atoms with van der Waals surface area (Å²) in [6.07, 6.45) is 6.07. The molecule has 0 aromatic heterocycles. The monoisotopic (exact) mass is 355 g/mol. The van der Waals surface area contributed by atoms with E-state index in [1.165, 1.54) is 19.3 Å². The van der Waals surface area contributed by atoms with Gasteiger partial charge in [0.25, 0.3) is 5.91 Å². The molecule has 4 bridgehead atoms. The fraction of sp³-hybridized carbons (Fsp3) is 0.636. The van der Waals surface area contributed by atoms with Crippen molar-refractivity contribution in [2.45, 2.75) is 58.1 Å². The first-order valence-corrected chi connectivity index (χ1v) is 9.95. The summed E-state index contributed by atoms with van der Waals surface area (Å²) in [7, 11) is 1.77. The molecule has 5 rings (SSSR count). The molecule has 4 saturated carbocycles. The lowest BCUT2D eigenvalue weighted by Gasteiger charge is -2.55. The van der Waals surface area contributed by atoms with E-state index in [9.17, 15) is 9.59 Å². The maximum atomic E-state index is 13.0. The number of carbonyl (C=O) groups excluding carboxylic acids is 2. The summed E-state index contributed by atoms with van der Waals surface area (Å²) in [5.74, 6) is 1.83. The van der Waals surface area contributed by atoms with Gasteiger partial charge in [-0.05, 0) is 68.8 Å². The third kappa shape index (κ3) is 3.26. The quantitative estimate of drug-likeness (QED) is 0.755. The number of likely N-dealkylation sites (N-methyl/N-ethyl adjacent to an activating group) is 1. The van der Waals surface area contributed by atoms with Crippen molar-refractivity contribution in [1.82, 2.24) is 4.90 Å². The maximum Gasteiger partial charge on any atom is 0.312 e. The van der Waals surface area contributed by atoms with Crippen LogP contribution in [0.15, 0.2) is 30.3 Å². The van der Waals surface area contributed by atoms with Crippen molar-refractivity contribution in [2.24, 2.45) is 23.2 Å². The first kappa shape index (κ1) is 17.6. The molecule has 0 N–H and O–H groups in total. The van der Waals surface area contributed by atoms with E-state index in [0.29, 0.717) is 24.3 Å². The summed E-state index contributed by atoms with van der Waals surface area (Å²) in [5, 5.41) is 0. The normalized spacial score (nSPS) is 32.9. The molecule has 0 aliphatic heterocycles. The molecule has 140 valence electrons. The predicted molar refractivity (Wildman–Crippen MR) is 99.1 cm³/mol. The summed E-state index contributed by atoms with van der Waals surface area (Å²) in [5.41, 5.74) is 0.768. The Balaban J connectivity index is 1.37. The van der Waals surface area contributed by atoms with Gasteiger partial charge in [-0.3, -0.25) is 9.59 Å². The van der Waals surface area contributed by atoms with E-state index in [1.54, 1.807) is 18.9 Å². The third-order valence-corrected chi connectivity index (χ3v) is 6.74. The Morgan fingerprint density at radius 1 is 1.08 bits per heavy atom. The number of ether oxygens (including phenoxy) is 1. The highest BCUT2D eigenvalue weighted by Crippen LogP contribution is 2.60.